The molecule has 3 nitrogen and oxygen atoms in total. The van der Waals surface area contributed by atoms with Crippen LogP contribution in [0, 0.1) is 0 Å². The molecule has 3 rings (SSSR count). The molecular weight excluding hydrogens is 252 g/mol. The smallest absolute Gasteiger partial charge is 0.335 e. The molecule has 102 valence electrons. The number of ether oxygens (including phenoxy) is 1. The van der Waals surface area contributed by atoms with Crippen LogP contribution in [0.2, 0.25) is 0 Å². The predicted octanol–water partition coefficient (Wildman–Crippen LogP) is 3.32. The molecule has 1 N–H and O–H groups in total. The molecule has 0 spiro atoms. The topological polar surface area (TPSA) is 46.5 Å². The van der Waals surface area contributed by atoms with Gasteiger partial charge < -0.3 is 9.84 Å². The van der Waals surface area contributed by atoms with Gasteiger partial charge >= 0.3 is 5.97 Å². The number of aromatic carboxylic acids is 1. The minimum absolute atomic E-state index is 0.167. The van der Waals surface area contributed by atoms with E-state index in [2.05, 4.69) is 12.1 Å². The molecule has 2 aromatic carbocycles. The molecule has 2 aromatic rings. The summed E-state index contributed by atoms with van der Waals surface area (Å²) < 4.78 is 5.98. The number of aryl methyl sites for hydroxylation is 1. The van der Waals surface area contributed by atoms with Crippen molar-refractivity contribution in [3.8, 4) is 5.75 Å². The van der Waals surface area contributed by atoms with Crippen LogP contribution in [0.15, 0.2) is 48.5 Å². The lowest BCUT2D eigenvalue weighted by molar-refractivity contribution is 0.0696. The normalized spacial score (nSPS) is 17.1. The molecule has 3 heteroatoms. The molecule has 0 saturated heterocycles. The molecule has 0 saturated carbocycles. The van der Waals surface area contributed by atoms with Crippen LogP contribution in [0.3, 0.4) is 0 Å². The minimum atomic E-state index is -0.890. The monoisotopic (exact) mass is 268 g/mol. The van der Waals surface area contributed by atoms with Crippen molar-refractivity contribution in [1.29, 1.82) is 0 Å². The summed E-state index contributed by atoms with van der Waals surface area (Å²) in [5, 5.41) is 8.99. The fourth-order valence-corrected chi connectivity index (χ4v) is 2.60. The van der Waals surface area contributed by atoms with E-state index in [1.54, 1.807) is 18.2 Å². The third-order valence-electron chi connectivity index (χ3n) is 3.64. The predicted molar refractivity (Wildman–Crippen MR) is 76.3 cm³/mol. The fraction of sp³-hybridized carbons (Fsp3) is 0.235. The minimum Gasteiger partial charge on any atom is -0.490 e. The van der Waals surface area contributed by atoms with Crippen LogP contribution in [-0.4, -0.2) is 17.2 Å². The van der Waals surface area contributed by atoms with Crippen LogP contribution in [0.4, 0.5) is 0 Å². The van der Waals surface area contributed by atoms with Crippen molar-refractivity contribution in [2.75, 3.05) is 0 Å². The van der Waals surface area contributed by atoms with Crippen molar-refractivity contribution in [3.63, 3.8) is 0 Å². The second kappa shape index (κ2) is 5.37. The van der Waals surface area contributed by atoms with Crippen molar-refractivity contribution in [1.82, 2.24) is 0 Å². The first kappa shape index (κ1) is 12.7. The van der Waals surface area contributed by atoms with Gasteiger partial charge in [-0.2, -0.15) is 0 Å². The van der Waals surface area contributed by atoms with E-state index >= 15 is 0 Å². The first-order valence-corrected chi connectivity index (χ1v) is 6.79. The zero-order chi connectivity index (χ0) is 13.9. The van der Waals surface area contributed by atoms with Crippen molar-refractivity contribution in [2.45, 2.75) is 25.4 Å². The highest BCUT2D eigenvalue weighted by Crippen LogP contribution is 2.29. The molecule has 0 aliphatic carbocycles. The Morgan fingerprint density at radius 3 is 2.75 bits per heavy atom. The Kier molecular flexibility index (Phi) is 3.42. The SMILES string of the molecule is O=C(O)c1ccc2c(c1)CC[C@H](Cc1ccccc1)O2. The van der Waals surface area contributed by atoms with Gasteiger partial charge in [0, 0.05) is 6.42 Å². The molecule has 0 aromatic heterocycles. The van der Waals surface area contributed by atoms with Gasteiger partial charge in [-0.25, -0.2) is 4.79 Å². The number of carboxylic acid groups (broad SMARTS) is 1. The van der Waals surface area contributed by atoms with Gasteiger partial charge in [0.05, 0.1) is 5.56 Å². The molecule has 20 heavy (non-hydrogen) atoms. The molecule has 1 aliphatic rings. The van der Waals surface area contributed by atoms with Crippen molar-refractivity contribution < 1.29 is 14.6 Å². The summed E-state index contributed by atoms with van der Waals surface area (Å²) >= 11 is 0. The van der Waals surface area contributed by atoms with E-state index in [1.807, 2.05) is 18.2 Å². The Morgan fingerprint density at radius 1 is 1.20 bits per heavy atom. The number of rotatable bonds is 3. The molecule has 0 radical (unpaired) electrons. The Bertz CT molecular complexity index is 619. The fourth-order valence-electron chi connectivity index (χ4n) is 2.60. The highest BCUT2D eigenvalue weighted by Gasteiger charge is 2.21. The van der Waals surface area contributed by atoms with Crippen molar-refractivity contribution >= 4 is 5.97 Å². The highest BCUT2D eigenvalue weighted by molar-refractivity contribution is 5.88. The summed E-state index contributed by atoms with van der Waals surface area (Å²) in [6.07, 6.45) is 2.85. The van der Waals surface area contributed by atoms with Gasteiger partial charge in [-0.05, 0) is 42.2 Å². The average molecular weight is 268 g/mol. The molecule has 1 atom stereocenters. The molecule has 0 bridgehead atoms. The van der Waals surface area contributed by atoms with Crippen LogP contribution in [0.25, 0.3) is 0 Å². The lowest BCUT2D eigenvalue weighted by atomic mass is 9.96. The summed E-state index contributed by atoms with van der Waals surface area (Å²) in [6, 6.07) is 15.4. The summed E-state index contributed by atoms with van der Waals surface area (Å²) in [4.78, 5) is 11.0. The van der Waals surface area contributed by atoms with Crippen LogP contribution < -0.4 is 4.74 Å². The number of benzene rings is 2. The lowest BCUT2D eigenvalue weighted by Gasteiger charge is -2.26. The zero-order valence-corrected chi connectivity index (χ0v) is 11.1. The third-order valence-corrected chi connectivity index (χ3v) is 3.64. The van der Waals surface area contributed by atoms with Gasteiger partial charge in [0.1, 0.15) is 11.9 Å². The Labute approximate surface area is 117 Å². The molecular formula is C17H16O3. The van der Waals surface area contributed by atoms with Crippen LogP contribution in [0.5, 0.6) is 5.75 Å². The molecule has 1 heterocycles. The van der Waals surface area contributed by atoms with E-state index in [4.69, 9.17) is 9.84 Å². The Morgan fingerprint density at radius 2 is 2.00 bits per heavy atom. The number of carboxylic acids is 1. The average Bonchev–Trinajstić information content (AvgIpc) is 2.47. The summed E-state index contributed by atoms with van der Waals surface area (Å²) in [6.45, 7) is 0. The highest BCUT2D eigenvalue weighted by atomic mass is 16.5. The summed E-state index contributed by atoms with van der Waals surface area (Å²) in [5.74, 6) is -0.0682. The lowest BCUT2D eigenvalue weighted by Crippen LogP contribution is -2.25. The first-order valence-electron chi connectivity index (χ1n) is 6.79. The number of hydrogen-bond acceptors (Lipinski definition) is 2. The van der Waals surface area contributed by atoms with Gasteiger partial charge in [-0.1, -0.05) is 30.3 Å². The van der Waals surface area contributed by atoms with Gasteiger partial charge in [-0.3, -0.25) is 0 Å². The maximum absolute atomic E-state index is 11.0. The number of carbonyl (C=O) groups is 1. The van der Waals surface area contributed by atoms with Crippen LogP contribution in [0.1, 0.15) is 27.9 Å². The first-order chi connectivity index (χ1) is 9.72. The van der Waals surface area contributed by atoms with Gasteiger partial charge in [-0.15, -0.1) is 0 Å². The van der Waals surface area contributed by atoms with Gasteiger partial charge in [0.2, 0.25) is 0 Å². The van der Waals surface area contributed by atoms with E-state index in [0.29, 0.717) is 5.56 Å². The van der Waals surface area contributed by atoms with Crippen molar-refractivity contribution in [2.24, 2.45) is 0 Å². The Balaban J connectivity index is 1.74. The summed E-state index contributed by atoms with van der Waals surface area (Å²) in [5.41, 5.74) is 2.59. The van der Waals surface area contributed by atoms with E-state index in [0.717, 1.165) is 30.6 Å². The van der Waals surface area contributed by atoms with Gasteiger partial charge in [0.25, 0.3) is 0 Å². The van der Waals surface area contributed by atoms with Crippen LogP contribution >= 0.6 is 0 Å². The van der Waals surface area contributed by atoms with Crippen molar-refractivity contribution in [3.05, 3.63) is 65.2 Å². The largest absolute Gasteiger partial charge is 0.490 e. The quantitative estimate of drug-likeness (QED) is 0.928. The molecule has 0 unspecified atom stereocenters. The summed E-state index contributed by atoms with van der Waals surface area (Å²) in [7, 11) is 0. The maximum atomic E-state index is 11.0. The number of fused-ring (bicyclic) bond motifs is 1. The number of hydrogen-bond donors (Lipinski definition) is 1. The second-order valence-corrected chi connectivity index (χ2v) is 5.10. The van der Waals surface area contributed by atoms with E-state index < -0.39 is 5.97 Å². The van der Waals surface area contributed by atoms with Crippen LogP contribution in [-0.2, 0) is 12.8 Å². The molecule has 0 amide bonds. The van der Waals surface area contributed by atoms with E-state index in [9.17, 15) is 4.79 Å². The van der Waals surface area contributed by atoms with E-state index in [1.165, 1.54) is 5.56 Å². The molecule has 0 fully saturated rings. The molecule has 1 aliphatic heterocycles. The van der Waals surface area contributed by atoms with E-state index in [-0.39, 0.29) is 6.10 Å². The standard InChI is InChI=1S/C17H16O3/c18-17(19)14-7-9-16-13(11-14)6-8-15(20-16)10-12-4-2-1-3-5-12/h1-5,7,9,11,15H,6,8,10H2,(H,18,19)/t15-/m1/s1. The maximum Gasteiger partial charge on any atom is 0.335 e. The third kappa shape index (κ3) is 2.67. The zero-order valence-electron chi connectivity index (χ0n) is 11.1. The van der Waals surface area contributed by atoms with Gasteiger partial charge in [0.15, 0.2) is 0 Å². The Hall–Kier alpha value is -2.29. The second-order valence-electron chi connectivity index (χ2n) is 5.10.